The highest BCUT2D eigenvalue weighted by molar-refractivity contribution is 9.10. The van der Waals surface area contributed by atoms with E-state index >= 15 is 0 Å². The van der Waals surface area contributed by atoms with Crippen LogP contribution in [0.2, 0.25) is 0 Å². The Bertz CT molecular complexity index is 1360. The number of hydrogen-bond donors (Lipinski definition) is 1. The number of halogens is 1. The Morgan fingerprint density at radius 1 is 1.00 bits per heavy atom. The summed E-state index contributed by atoms with van der Waals surface area (Å²) in [6.07, 6.45) is 2.04. The van der Waals surface area contributed by atoms with Gasteiger partial charge in [0.15, 0.2) is 5.82 Å². The Morgan fingerprint density at radius 2 is 1.82 bits per heavy atom. The van der Waals surface area contributed by atoms with E-state index < -0.39 is 5.97 Å². The molecule has 3 heterocycles. The van der Waals surface area contributed by atoms with Gasteiger partial charge in [-0.05, 0) is 48.5 Å². The van der Waals surface area contributed by atoms with E-state index in [1.54, 1.807) is 29.2 Å². The van der Waals surface area contributed by atoms with Gasteiger partial charge >= 0.3 is 12.0 Å². The summed E-state index contributed by atoms with van der Waals surface area (Å²) in [6, 6.07) is 16.7. The van der Waals surface area contributed by atoms with Gasteiger partial charge in [0.2, 0.25) is 0 Å². The Morgan fingerprint density at radius 3 is 2.61 bits per heavy atom. The first-order valence-corrected chi connectivity index (χ1v) is 11.4. The van der Waals surface area contributed by atoms with Crippen molar-refractivity contribution >= 4 is 56.0 Å². The van der Waals surface area contributed by atoms with Crippen molar-refractivity contribution < 1.29 is 14.3 Å². The van der Waals surface area contributed by atoms with E-state index in [1.165, 1.54) is 7.11 Å². The molecule has 2 aromatic carbocycles. The molecular formula is C24H22BrN5O3. The van der Waals surface area contributed by atoms with Crippen molar-refractivity contribution in [1.29, 1.82) is 0 Å². The topological polar surface area (TPSA) is 79.2 Å². The number of esters is 1. The molecule has 0 bridgehead atoms. The van der Waals surface area contributed by atoms with Crippen LogP contribution in [0.15, 0.2) is 65.3 Å². The fraction of sp³-hybridized carbons (Fsp3) is 0.208. The molecule has 0 radical (unpaired) electrons. The van der Waals surface area contributed by atoms with Crippen LogP contribution in [-0.2, 0) is 4.74 Å². The summed E-state index contributed by atoms with van der Waals surface area (Å²) in [5, 5.41) is 2.88. The number of ether oxygens (including phenoxy) is 1. The molecule has 8 nitrogen and oxygen atoms in total. The minimum atomic E-state index is -0.439. The Kier molecular flexibility index (Phi) is 5.63. The van der Waals surface area contributed by atoms with Crippen LogP contribution in [0.4, 0.5) is 16.3 Å². The molecule has 1 fully saturated rings. The summed E-state index contributed by atoms with van der Waals surface area (Å²) in [6.45, 7) is 2.47. The van der Waals surface area contributed by atoms with E-state index in [0.29, 0.717) is 37.4 Å². The average Bonchev–Trinajstić information content (AvgIpc) is 3.33. The lowest BCUT2D eigenvalue weighted by Crippen LogP contribution is -2.50. The van der Waals surface area contributed by atoms with Gasteiger partial charge in [0, 0.05) is 42.5 Å². The van der Waals surface area contributed by atoms with Crippen LogP contribution in [0, 0.1) is 0 Å². The van der Waals surface area contributed by atoms with E-state index in [2.05, 4.69) is 42.7 Å². The fourth-order valence-electron chi connectivity index (χ4n) is 4.13. The zero-order valence-corrected chi connectivity index (χ0v) is 19.6. The molecule has 9 heteroatoms. The number of fused-ring (bicyclic) bond motifs is 3. The summed E-state index contributed by atoms with van der Waals surface area (Å²) in [5.41, 5.74) is 3.96. The molecule has 4 aromatic rings. The van der Waals surface area contributed by atoms with Gasteiger partial charge in [0.05, 0.1) is 29.2 Å². The Labute approximate surface area is 198 Å². The number of aromatic nitrogens is 2. The van der Waals surface area contributed by atoms with Gasteiger partial charge in [-0.15, -0.1) is 0 Å². The van der Waals surface area contributed by atoms with Gasteiger partial charge in [-0.25, -0.2) is 14.6 Å². The SMILES string of the molecule is COC(=O)c1cccc(NC(=O)N2CCN(c3nc4cc(Br)ccc4n4cccc34)CC2)c1. The fourth-order valence-corrected chi connectivity index (χ4v) is 4.48. The lowest BCUT2D eigenvalue weighted by Gasteiger charge is -2.35. The number of amides is 2. The predicted octanol–water partition coefficient (Wildman–Crippen LogP) is 4.39. The van der Waals surface area contributed by atoms with E-state index in [-0.39, 0.29) is 6.03 Å². The number of piperazine rings is 1. The van der Waals surface area contributed by atoms with Crippen LogP contribution in [0.5, 0.6) is 0 Å². The summed E-state index contributed by atoms with van der Waals surface area (Å²) >= 11 is 3.54. The molecule has 0 spiro atoms. The summed E-state index contributed by atoms with van der Waals surface area (Å²) in [4.78, 5) is 33.5. The number of nitrogens with one attached hydrogen (secondary N) is 1. The maximum Gasteiger partial charge on any atom is 0.337 e. The van der Waals surface area contributed by atoms with E-state index in [9.17, 15) is 9.59 Å². The predicted molar refractivity (Wildman–Crippen MR) is 131 cm³/mol. The van der Waals surface area contributed by atoms with Crippen molar-refractivity contribution in [3.05, 3.63) is 70.8 Å². The molecular weight excluding hydrogens is 486 g/mol. The molecule has 2 aromatic heterocycles. The highest BCUT2D eigenvalue weighted by Gasteiger charge is 2.24. The van der Waals surface area contributed by atoms with Crippen molar-refractivity contribution in [3.63, 3.8) is 0 Å². The maximum atomic E-state index is 12.8. The van der Waals surface area contributed by atoms with Crippen LogP contribution >= 0.6 is 15.9 Å². The molecule has 1 saturated heterocycles. The van der Waals surface area contributed by atoms with Gasteiger partial charge in [-0.1, -0.05) is 22.0 Å². The third kappa shape index (κ3) is 4.11. The van der Waals surface area contributed by atoms with Crippen molar-refractivity contribution in [3.8, 4) is 0 Å². The van der Waals surface area contributed by atoms with Crippen LogP contribution in [0.1, 0.15) is 10.4 Å². The van der Waals surface area contributed by atoms with E-state index in [4.69, 9.17) is 9.72 Å². The van der Waals surface area contributed by atoms with Crippen molar-refractivity contribution in [2.24, 2.45) is 0 Å². The molecule has 33 heavy (non-hydrogen) atoms. The summed E-state index contributed by atoms with van der Waals surface area (Å²) in [7, 11) is 1.33. The van der Waals surface area contributed by atoms with Crippen LogP contribution in [-0.4, -0.2) is 59.6 Å². The molecule has 0 atom stereocenters. The zero-order chi connectivity index (χ0) is 22.9. The number of benzene rings is 2. The van der Waals surface area contributed by atoms with Gasteiger partial charge in [0.1, 0.15) is 0 Å². The third-order valence-electron chi connectivity index (χ3n) is 5.80. The monoisotopic (exact) mass is 507 g/mol. The Balaban J connectivity index is 1.31. The smallest absolute Gasteiger partial charge is 0.337 e. The lowest BCUT2D eigenvalue weighted by atomic mass is 10.2. The van der Waals surface area contributed by atoms with E-state index in [1.807, 2.05) is 24.4 Å². The molecule has 5 rings (SSSR count). The first-order valence-electron chi connectivity index (χ1n) is 10.6. The van der Waals surface area contributed by atoms with Gasteiger partial charge in [-0.2, -0.15) is 0 Å². The number of carbonyl (C=O) groups excluding carboxylic acids is 2. The molecule has 0 aliphatic carbocycles. The minimum Gasteiger partial charge on any atom is -0.465 e. The highest BCUT2D eigenvalue weighted by atomic mass is 79.9. The largest absolute Gasteiger partial charge is 0.465 e. The number of anilines is 2. The van der Waals surface area contributed by atoms with Crippen LogP contribution in [0.25, 0.3) is 16.6 Å². The molecule has 2 amide bonds. The maximum absolute atomic E-state index is 12.8. The molecule has 1 aliphatic heterocycles. The first-order chi connectivity index (χ1) is 16.0. The molecule has 0 saturated carbocycles. The third-order valence-corrected chi connectivity index (χ3v) is 6.30. The number of nitrogens with zero attached hydrogens (tertiary/aromatic N) is 4. The molecule has 168 valence electrons. The summed E-state index contributed by atoms with van der Waals surface area (Å²) in [5.74, 6) is 0.475. The number of rotatable bonds is 3. The number of urea groups is 1. The average molecular weight is 508 g/mol. The number of carbonyl (C=O) groups is 2. The normalized spacial score (nSPS) is 14.0. The number of methoxy groups -OCH3 is 1. The second-order valence-electron chi connectivity index (χ2n) is 7.81. The molecule has 0 unspecified atom stereocenters. The van der Waals surface area contributed by atoms with E-state index in [0.717, 1.165) is 26.8 Å². The standard InChI is InChI=1S/C24H22BrN5O3/c1-33-23(31)16-4-2-5-18(14-16)26-24(32)29-12-10-28(11-13-29)22-21-6-3-9-30(21)20-8-7-17(25)15-19(20)27-22/h2-9,14-15H,10-13H2,1H3,(H,26,32). The Hall–Kier alpha value is -3.59. The minimum absolute atomic E-state index is 0.195. The van der Waals surface area contributed by atoms with Crippen molar-refractivity contribution in [2.45, 2.75) is 0 Å². The van der Waals surface area contributed by atoms with Crippen molar-refractivity contribution in [1.82, 2.24) is 14.3 Å². The van der Waals surface area contributed by atoms with Crippen LogP contribution < -0.4 is 10.2 Å². The molecule has 1 N–H and O–H groups in total. The van der Waals surface area contributed by atoms with Gasteiger partial charge in [0.25, 0.3) is 0 Å². The van der Waals surface area contributed by atoms with Crippen molar-refractivity contribution in [2.75, 3.05) is 43.5 Å². The first kappa shape index (κ1) is 21.3. The zero-order valence-electron chi connectivity index (χ0n) is 18.0. The highest BCUT2D eigenvalue weighted by Crippen LogP contribution is 2.28. The summed E-state index contributed by atoms with van der Waals surface area (Å²) < 4.78 is 7.88. The quantitative estimate of drug-likeness (QED) is 0.416. The second kappa shape index (κ2) is 8.74. The lowest BCUT2D eigenvalue weighted by molar-refractivity contribution is 0.0600. The van der Waals surface area contributed by atoms with Crippen LogP contribution in [0.3, 0.4) is 0 Å². The van der Waals surface area contributed by atoms with Gasteiger partial charge in [-0.3, -0.25) is 0 Å². The van der Waals surface area contributed by atoms with Gasteiger partial charge < -0.3 is 24.3 Å². The number of hydrogen-bond acceptors (Lipinski definition) is 5. The second-order valence-corrected chi connectivity index (χ2v) is 8.72. The molecule has 1 aliphatic rings.